The number of ketones is 1. The second-order valence-electron chi connectivity index (χ2n) is 7.62. The zero-order chi connectivity index (χ0) is 24.1. The standard InChI is InChI=1S/C23H23BrCl2N4O2S/c1-4-30-21(20(13(2)3)27-22(32)17-10-9-16(25)11-18(17)26)28-29-23(30)33-12-19(31)14-5-7-15(24)8-6-14/h5-11,13,20H,4,12H2,1-3H3,(H,27,32)/t20-/m0/s1. The molecule has 0 saturated carbocycles. The van der Waals surface area contributed by atoms with Gasteiger partial charge >= 0.3 is 0 Å². The molecule has 0 fully saturated rings. The average molecular weight is 570 g/mol. The van der Waals surface area contributed by atoms with Crippen LogP contribution in [0.4, 0.5) is 0 Å². The Hall–Kier alpha value is -1.87. The first kappa shape index (κ1) is 25.7. The molecule has 1 heterocycles. The van der Waals surface area contributed by atoms with Crippen molar-refractivity contribution in [2.24, 2.45) is 5.92 Å². The number of nitrogens with zero attached hydrogens (tertiary/aromatic N) is 3. The SMILES string of the molecule is CCn1c(SCC(=O)c2ccc(Br)cc2)nnc1[C@@H](NC(=O)c1ccc(Cl)cc1Cl)C(C)C. The summed E-state index contributed by atoms with van der Waals surface area (Å²) in [6, 6.07) is 11.6. The minimum atomic E-state index is -0.395. The van der Waals surface area contributed by atoms with Crippen LogP contribution in [0.3, 0.4) is 0 Å². The number of carbonyl (C=O) groups is 2. The molecule has 0 unspecified atom stereocenters. The van der Waals surface area contributed by atoms with Gasteiger partial charge in [-0.2, -0.15) is 0 Å². The molecule has 3 rings (SSSR count). The molecule has 174 valence electrons. The molecule has 3 aromatic rings. The van der Waals surface area contributed by atoms with E-state index >= 15 is 0 Å². The van der Waals surface area contributed by atoms with E-state index in [-0.39, 0.29) is 28.4 Å². The molecule has 1 atom stereocenters. The fourth-order valence-electron chi connectivity index (χ4n) is 3.21. The number of aromatic nitrogens is 3. The van der Waals surface area contributed by atoms with Gasteiger partial charge in [-0.05, 0) is 43.2 Å². The van der Waals surface area contributed by atoms with Crippen LogP contribution in [0.5, 0.6) is 0 Å². The highest BCUT2D eigenvalue weighted by atomic mass is 79.9. The van der Waals surface area contributed by atoms with Crippen LogP contribution in [0.1, 0.15) is 53.4 Å². The van der Waals surface area contributed by atoms with Crippen molar-refractivity contribution in [2.45, 2.75) is 38.5 Å². The Labute approximate surface area is 215 Å². The molecular weight excluding hydrogens is 547 g/mol. The molecule has 0 aliphatic rings. The fraction of sp³-hybridized carbons (Fsp3) is 0.304. The number of rotatable bonds is 9. The van der Waals surface area contributed by atoms with Gasteiger partial charge in [0, 0.05) is 21.6 Å². The van der Waals surface area contributed by atoms with Gasteiger partial charge in [0.15, 0.2) is 16.8 Å². The third-order valence-electron chi connectivity index (χ3n) is 4.97. The lowest BCUT2D eigenvalue weighted by Crippen LogP contribution is -2.34. The number of hydrogen-bond donors (Lipinski definition) is 1. The van der Waals surface area contributed by atoms with Gasteiger partial charge in [0.05, 0.1) is 22.4 Å². The van der Waals surface area contributed by atoms with Crippen LogP contribution < -0.4 is 5.32 Å². The molecule has 0 aliphatic heterocycles. The maximum Gasteiger partial charge on any atom is 0.253 e. The summed E-state index contributed by atoms with van der Waals surface area (Å²) in [5, 5.41) is 13.1. The molecule has 1 aromatic heterocycles. The topological polar surface area (TPSA) is 76.9 Å². The Bertz CT molecular complexity index is 1150. The van der Waals surface area contributed by atoms with E-state index in [2.05, 4.69) is 31.4 Å². The number of benzene rings is 2. The number of amides is 1. The maximum absolute atomic E-state index is 12.9. The second kappa shape index (κ2) is 11.5. The lowest BCUT2D eigenvalue weighted by atomic mass is 10.0. The molecule has 33 heavy (non-hydrogen) atoms. The summed E-state index contributed by atoms with van der Waals surface area (Å²) in [6.07, 6.45) is 0. The van der Waals surface area contributed by atoms with Crippen LogP contribution in [0.25, 0.3) is 0 Å². The highest BCUT2D eigenvalue weighted by Crippen LogP contribution is 2.27. The minimum absolute atomic E-state index is 0.00537. The molecule has 2 aromatic carbocycles. The normalized spacial score (nSPS) is 12.1. The van der Waals surface area contributed by atoms with Crippen molar-refractivity contribution in [1.82, 2.24) is 20.1 Å². The Kier molecular flexibility index (Phi) is 8.98. The highest BCUT2D eigenvalue weighted by Gasteiger charge is 2.27. The molecule has 0 spiro atoms. The van der Waals surface area contributed by atoms with Crippen molar-refractivity contribution in [3.05, 3.63) is 73.9 Å². The largest absolute Gasteiger partial charge is 0.342 e. The van der Waals surface area contributed by atoms with E-state index in [1.54, 1.807) is 24.3 Å². The molecule has 0 saturated heterocycles. The summed E-state index contributed by atoms with van der Waals surface area (Å²) in [4.78, 5) is 25.5. The minimum Gasteiger partial charge on any atom is -0.342 e. The Morgan fingerprint density at radius 3 is 2.42 bits per heavy atom. The number of carbonyl (C=O) groups excluding carboxylic acids is 2. The number of nitrogens with one attached hydrogen (secondary N) is 1. The van der Waals surface area contributed by atoms with Crippen LogP contribution in [-0.2, 0) is 6.54 Å². The average Bonchev–Trinajstić information content (AvgIpc) is 3.18. The van der Waals surface area contributed by atoms with Crippen LogP contribution in [0.2, 0.25) is 10.0 Å². The van der Waals surface area contributed by atoms with Crippen molar-refractivity contribution in [1.29, 1.82) is 0 Å². The van der Waals surface area contributed by atoms with Crippen LogP contribution in [-0.4, -0.2) is 32.2 Å². The van der Waals surface area contributed by atoms with Crippen molar-refractivity contribution in [3.63, 3.8) is 0 Å². The zero-order valence-electron chi connectivity index (χ0n) is 18.3. The molecule has 10 heteroatoms. The van der Waals surface area contributed by atoms with Gasteiger partial charge in [-0.25, -0.2) is 0 Å². The monoisotopic (exact) mass is 568 g/mol. The van der Waals surface area contributed by atoms with E-state index in [9.17, 15) is 9.59 Å². The van der Waals surface area contributed by atoms with E-state index < -0.39 is 6.04 Å². The first-order chi connectivity index (χ1) is 15.7. The molecular formula is C23H23BrCl2N4O2S. The first-order valence-electron chi connectivity index (χ1n) is 10.3. The number of hydrogen-bond acceptors (Lipinski definition) is 5. The summed E-state index contributed by atoms with van der Waals surface area (Å²) in [5.41, 5.74) is 0.977. The summed E-state index contributed by atoms with van der Waals surface area (Å²) in [5.74, 6) is 0.589. The summed E-state index contributed by atoms with van der Waals surface area (Å²) in [7, 11) is 0. The van der Waals surface area contributed by atoms with E-state index in [0.717, 1.165) is 4.47 Å². The molecule has 0 bridgehead atoms. The van der Waals surface area contributed by atoms with E-state index in [1.807, 2.05) is 37.5 Å². The molecule has 6 nitrogen and oxygen atoms in total. The summed E-state index contributed by atoms with van der Waals surface area (Å²) < 4.78 is 2.84. The maximum atomic E-state index is 12.9. The fourth-order valence-corrected chi connectivity index (χ4v) is 4.87. The molecule has 1 N–H and O–H groups in total. The molecule has 1 amide bonds. The number of halogens is 3. The van der Waals surface area contributed by atoms with Crippen molar-refractivity contribution >= 4 is 62.6 Å². The Balaban J connectivity index is 1.78. The zero-order valence-corrected chi connectivity index (χ0v) is 22.2. The van der Waals surface area contributed by atoms with Crippen molar-refractivity contribution in [2.75, 3.05) is 5.75 Å². The predicted octanol–water partition coefficient (Wildman–Crippen LogP) is 6.47. The Morgan fingerprint density at radius 1 is 1.12 bits per heavy atom. The summed E-state index contributed by atoms with van der Waals surface area (Å²) >= 11 is 16.9. The van der Waals surface area contributed by atoms with Crippen LogP contribution in [0.15, 0.2) is 52.1 Å². The van der Waals surface area contributed by atoms with E-state index in [4.69, 9.17) is 23.2 Å². The van der Waals surface area contributed by atoms with E-state index in [0.29, 0.717) is 33.7 Å². The highest BCUT2D eigenvalue weighted by molar-refractivity contribution is 9.10. The smallest absolute Gasteiger partial charge is 0.253 e. The van der Waals surface area contributed by atoms with Gasteiger partial charge in [-0.15, -0.1) is 10.2 Å². The summed E-state index contributed by atoms with van der Waals surface area (Å²) in [6.45, 7) is 6.56. The third kappa shape index (κ3) is 6.38. The van der Waals surface area contributed by atoms with Gasteiger partial charge in [0.25, 0.3) is 5.91 Å². The Morgan fingerprint density at radius 2 is 1.82 bits per heavy atom. The molecule has 0 aliphatic carbocycles. The lowest BCUT2D eigenvalue weighted by Gasteiger charge is -2.22. The van der Waals surface area contributed by atoms with Crippen molar-refractivity contribution < 1.29 is 9.59 Å². The number of Topliss-reactive ketones (excluding diaryl/α,β-unsaturated/α-hetero) is 1. The molecule has 0 radical (unpaired) electrons. The van der Waals surface area contributed by atoms with Gasteiger partial charge in [0.2, 0.25) is 0 Å². The predicted molar refractivity (Wildman–Crippen MR) is 136 cm³/mol. The van der Waals surface area contributed by atoms with Gasteiger partial charge in [-0.3, -0.25) is 9.59 Å². The van der Waals surface area contributed by atoms with Crippen LogP contribution in [0, 0.1) is 5.92 Å². The quantitative estimate of drug-likeness (QED) is 0.236. The first-order valence-corrected chi connectivity index (χ1v) is 12.8. The van der Waals surface area contributed by atoms with Gasteiger partial charge < -0.3 is 9.88 Å². The third-order valence-corrected chi connectivity index (χ3v) is 7.01. The van der Waals surface area contributed by atoms with E-state index in [1.165, 1.54) is 17.8 Å². The number of thioether (sulfide) groups is 1. The lowest BCUT2D eigenvalue weighted by molar-refractivity contribution is 0.0921. The van der Waals surface area contributed by atoms with Crippen LogP contribution >= 0.6 is 50.9 Å². The van der Waals surface area contributed by atoms with Gasteiger partial charge in [-0.1, -0.05) is 76.9 Å². The van der Waals surface area contributed by atoms with Gasteiger partial charge in [0.1, 0.15) is 0 Å². The second-order valence-corrected chi connectivity index (χ2v) is 10.3. The van der Waals surface area contributed by atoms with Crippen molar-refractivity contribution in [3.8, 4) is 0 Å².